The van der Waals surface area contributed by atoms with E-state index in [9.17, 15) is 9.59 Å². The fourth-order valence-corrected chi connectivity index (χ4v) is 7.56. The van der Waals surface area contributed by atoms with E-state index in [2.05, 4.69) is 81.2 Å². The Morgan fingerprint density at radius 1 is 0.596 bits per heavy atom. The first-order valence-electron chi connectivity index (χ1n) is 19.7. The van der Waals surface area contributed by atoms with Crippen molar-refractivity contribution < 1.29 is 19.1 Å². The first-order chi connectivity index (χ1) is 27.0. The smallest absolute Gasteiger partial charge is 0.410 e. The van der Waals surface area contributed by atoms with E-state index in [0.717, 1.165) is 29.5 Å². The van der Waals surface area contributed by atoms with Crippen LogP contribution in [0.15, 0.2) is 91.0 Å². The molecule has 0 bridgehead atoms. The second kappa shape index (κ2) is 16.4. The predicted molar refractivity (Wildman–Crippen MR) is 215 cm³/mol. The van der Waals surface area contributed by atoms with E-state index in [1.54, 1.807) is 14.6 Å². The highest BCUT2D eigenvalue weighted by Gasteiger charge is 2.45. The van der Waals surface area contributed by atoms with Gasteiger partial charge in [-0.25, -0.2) is 9.59 Å². The Kier molecular flexibility index (Phi) is 11.8. The Hall–Kier alpha value is -5.66. The summed E-state index contributed by atoms with van der Waals surface area (Å²) in [7, 11) is 0. The molecule has 2 saturated heterocycles. The number of rotatable bonds is 6. The molecule has 2 fully saturated rings. The SMILES string of the molecule is CC(C)(C)OC(=O)N1CCC(c2ccccc2)(c2nn[nH]n2)CC1.CC(C)(C)OC(=O)N1CCC(c2ccccc2)(c2nnn(C(C)(C)c3ccccc3)n2)CC1. The van der Waals surface area contributed by atoms with E-state index < -0.39 is 22.2 Å². The molecule has 0 radical (unpaired) electrons. The highest BCUT2D eigenvalue weighted by molar-refractivity contribution is 5.69. The predicted octanol–water partition coefficient (Wildman–Crippen LogP) is 7.29. The Bertz CT molecular complexity index is 2040. The molecule has 5 aromatic rings. The number of benzene rings is 3. The molecule has 0 spiro atoms. The van der Waals surface area contributed by atoms with Gasteiger partial charge in [-0.15, -0.1) is 20.4 Å². The molecule has 14 nitrogen and oxygen atoms in total. The molecule has 3 aromatic carbocycles. The van der Waals surface area contributed by atoms with Gasteiger partial charge >= 0.3 is 12.2 Å². The summed E-state index contributed by atoms with van der Waals surface area (Å²) in [5.74, 6) is 1.37. The molecular formula is C43H56N10O4. The molecule has 1 N–H and O–H groups in total. The van der Waals surface area contributed by atoms with Gasteiger partial charge in [-0.05, 0) is 103 Å². The van der Waals surface area contributed by atoms with E-state index in [1.165, 1.54) is 0 Å². The Labute approximate surface area is 335 Å². The first kappa shape index (κ1) is 41.0. The van der Waals surface area contributed by atoms with Crippen molar-refractivity contribution in [3.63, 3.8) is 0 Å². The van der Waals surface area contributed by atoms with Crippen LogP contribution >= 0.6 is 0 Å². The third-order valence-electron chi connectivity index (χ3n) is 10.8. The van der Waals surface area contributed by atoms with Crippen LogP contribution < -0.4 is 0 Å². The summed E-state index contributed by atoms with van der Waals surface area (Å²) in [5, 5.41) is 28.7. The molecular weight excluding hydrogens is 721 g/mol. The van der Waals surface area contributed by atoms with E-state index in [-0.39, 0.29) is 17.6 Å². The average molecular weight is 777 g/mol. The zero-order valence-corrected chi connectivity index (χ0v) is 34.5. The molecule has 7 rings (SSSR count). The van der Waals surface area contributed by atoms with Gasteiger partial charge in [-0.1, -0.05) is 96.2 Å². The Morgan fingerprint density at radius 3 is 1.42 bits per heavy atom. The number of aromatic nitrogens is 8. The molecule has 302 valence electrons. The van der Waals surface area contributed by atoms with Crippen molar-refractivity contribution in [1.29, 1.82) is 0 Å². The van der Waals surface area contributed by atoms with Gasteiger partial charge < -0.3 is 19.3 Å². The fraction of sp³-hybridized carbons (Fsp3) is 0.488. The highest BCUT2D eigenvalue weighted by atomic mass is 16.6. The summed E-state index contributed by atoms with van der Waals surface area (Å²) in [4.78, 5) is 30.2. The largest absolute Gasteiger partial charge is 0.444 e. The van der Waals surface area contributed by atoms with Crippen molar-refractivity contribution in [1.82, 2.24) is 50.6 Å². The van der Waals surface area contributed by atoms with Crippen LogP contribution in [0.5, 0.6) is 0 Å². The van der Waals surface area contributed by atoms with Crippen LogP contribution in [0.2, 0.25) is 0 Å². The number of likely N-dealkylation sites (tertiary alicyclic amines) is 2. The van der Waals surface area contributed by atoms with Crippen LogP contribution in [0, 0.1) is 0 Å². The zero-order chi connectivity index (χ0) is 40.9. The molecule has 2 aliphatic heterocycles. The third-order valence-corrected chi connectivity index (χ3v) is 10.8. The Morgan fingerprint density at radius 2 is 1.02 bits per heavy atom. The number of nitrogens with zero attached hydrogens (tertiary/aromatic N) is 9. The van der Waals surface area contributed by atoms with Gasteiger partial charge in [0.25, 0.3) is 0 Å². The number of carbonyl (C=O) groups excluding carboxylic acids is 2. The topological polar surface area (TPSA) is 157 Å². The van der Waals surface area contributed by atoms with Gasteiger partial charge in [0.1, 0.15) is 16.7 Å². The molecule has 0 aliphatic carbocycles. The van der Waals surface area contributed by atoms with Crippen molar-refractivity contribution in [3.8, 4) is 0 Å². The summed E-state index contributed by atoms with van der Waals surface area (Å²) in [6, 6.07) is 30.7. The first-order valence-corrected chi connectivity index (χ1v) is 19.7. The minimum absolute atomic E-state index is 0.266. The number of H-pyrrole nitrogens is 1. The van der Waals surface area contributed by atoms with Crippen LogP contribution in [-0.2, 0) is 25.8 Å². The van der Waals surface area contributed by atoms with Crippen LogP contribution in [0.3, 0.4) is 0 Å². The molecule has 0 saturated carbocycles. The number of nitrogens with one attached hydrogen (secondary N) is 1. The van der Waals surface area contributed by atoms with Gasteiger partial charge in [0, 0.05) is 26.2 Å². The van der Waals surface area contributed by atoms with Crippen LogP contribution in [0.4, 0.5) is 9.59 Å². The molecule has 2 aliphatic rings. The van der Waals surface area contributed by atoms with Gasteiger partial charge in [0.2, 0.25) is 0 Å². The van der Waals surface area contributed by atoms with Gasteiger partial charge in [-0.2, -0.15) is 10.0 Å². The number of hydrogen-bond donors (Lipinski definition) is 1. The summed E-state index contributed by atoms with van der Waals surface area (Å²) in [6.45, 7) is 17.8. The van der Waals surface area contributed by atoms with Crippen molar-refractivity contribution in [2.75, 3.05) is 26.2 Å². The van der Waals surface area contributed by atoms with Crippen molar-refractivity contribution in [3.05, 3.63) is 119 Å². The zero-order valence-electron chi connectivity index (χ0n) is 34.5. The minimum atomic E-state index is -0.516. The van der Waals surface area contributed by atoms with E-state index >= 15 is 0 Å². The maximum absolute atomic E-state index is 12.6. The van der Waals surface area contributed by atoms with Gasteiger partial charge in [0.05, 0.1) is 10.8 Å². The standard InChI is InChI=1S/C26H33N5O2.C17H23N5O2/c1-24(2,3)33-23(32)30-18-16-26(17-19-30,21-14-10-7-11-15-21)22-27-29-31(28-22)25(4,5)20-12-8-6-9-13-20;1-16(2,3)24-15(23)22-11-9-17(10-12-22,14-18-20-21-19-14)13-7-5-4-6-8-13/h6-15H,16-19H2,1-5H3;4-8H,9-12H2,1-3H3,(H,18,19,20,21). The maximum Gasteiger partial charge on any atom is 0.410 e. The molecule has 0 unspecified atom stereocenters. The molecule has 0 atom stereocenters. The third kappa shape index (κ3) is 9.32. The number of ether oxygens (including phenoxy) is 2. The maximum atomic E-state index is 12.6. The number of carbonyl (C=O) groups is 2. The lowest BCUT2D eigenvalue weighted by atomic mass is 9.72. The van der Waals surface area contributed by atoms with E-state index in [0.29, 0.717) is 50.7 Å². The van der Waals surface area contributed by atoms with E-state index in [1.807, 2.05) is 96.1 Å². The summed E-state index contributed by atoms with van der Waals surface area (Å²) >= 11 is 0. The normalized spacial score (nSPS) is 16.9. The molecule has 2 amide bonds. The molecule has 57 heavy (non-hydrogen) atoms. The lowest BCUT2D eigenvalue weighted by molar-refractivity contribution is 0.0166. The number of amides is 2. The fourth-order valence-electron chi connectivity index (χ4n) is 7.56. The molecule has 14 heteroatoms. The molecule has 2 aromatic heterocycles. The lowest BCUT2D eigenvalue weighted by Gasteiger charge is -2.40. The summed E-state index contributed by atoms with van der Waals surface area (Å²) in [5.41, 5.74) is 1.22. The van der Waals surface area contributed by atoms with Crippen molar-refractivity contribution in [2.45, 2.75) is 109 Å². The average Bonchev–Trinajstić information content (AvgIpc) is 3.93. The van der Waals surface area contributed by atoms with Gasteiger partial charge in [0.15, 0.2) is 11.6 Å². The quantitative estimate of drug-likeness (QED) is 0.186. The monoisotopic (exact) mass is 776 g/mol. The summed E-state index contributed by atoms with van der Waals surface area (Å²) in [6.07, 6.45) is 2.33. The lowest BCUT2D eigenvalue weighted by Crippen LogP contribution is -2.47. The Balaban J connectivity index is 0.000000203. The minimum Gasteiger partial charge on any atom is -0.444 e. The number of aromatic amines is 1. The second-order valence-corrected chi connectivity index (χ2v) is 17.4. The van der Waals surface area contributed by atoms with Crippen LogP contribution in [0.25, 0.3) is 0 Å². The highest BCUT2D eigenvalue weighted by Crippen LogP contribution is 2.41. The van der Waals surface area contributed by atoms with Crippen molar-refractivity contribution in [2.24, 2.45) is 0 Å². The number of hydrogen-bond acceptors (Lipinski definition) is 10. The number of tetrazole rings is 2. The van der Waals surface area contributed by atoms with Crippen molar-refractivity contribution >= 4 is 12.2 Å². The van der Waals surface area contributed by atoms with Crippen LogP contribution in [0.1, 0.15) is 109 Å². The van der Waals surface area contributed by atoms with Crippen LogP contribution in [-0.4, -0.2) is 100 Å². The molecule has 4 heterocycles. The second-order valence-electron chi connectivity index (χ2n) is 17.4. The van der Waals surface area contributed by atoms with E-state index in [4.69, 9.17) is 14.6 Å². The van der Waals surface area contributed by atoms with Gasteiger partial charge in [-0.3, -0.25) is 0 Å². The summed E-state index contributed by atoms with van der Waals surface area (Å²) < 4.78 is 11.1. The number of piperidine rings is 2.